The molecule has 0 bridgehead atoms. The van der Waals surface area contributed by atoms with E-state index >= 15 is 0 Å². The first-order valence-electron chi connectivity index (χ1n) is 6.63. The number of hydrogen-bond donors (Lipinski definition) is 1. The molecule has 0 saturated carbocycles. The van der Waals surface area contributed by atoms with E-state index in [0.29, 0.717) is 0 Å². The zero-order valence-electron chi connectivity index (χ0n) is 11.1. The van der Waals surface area contributed by atoms with Crippen LogP contribution in [0.4, 0.5) is 17.2 Å². The molecule has 0 amide bonds. The molecule has 1 N–H and O–H groups in total. The average Bonchev–Trinajstić information content (AvgIpc) is 2.49. The lowest BCUT2D eigenvalue weighted by atomic mass is 10.2. The van der Waals surface area contributed by atoms with E-state index in [2.05, 4.69) is 55.4 Å². The van der Waals surface area contributed by atoms with Crippen LogP contribution in [0.1, 0.15) is 0 Å². The summed E-state index contributed by atoms with van der Waals surface area (Å²) < 4.78 is 6.19. The van der Waals surface area contributed by atoms with Gasteiger partial charge in [0.15, 0.2) is 0 Å². The number of rotatable bonds is 3. The van der Waals surface area contributed by atoms with Crippen LogP contribution < -0.4 is 10.2 Å². The highest BCUT2D eigenvalue weighted by Crippen LogP contribution is 2.21. The summed E-state index contributed by atoms with van der Waals surface area (Å²) in [4.78, 5) is 6.70. The summed E-state index contributed by atoms with van der Waals surface area (Å²) in [6, 6.07) is 14.2. The van der Waals surface area contributed by atoms with Crippen LogP contribution in [-0.2, 0) is 4.74 Å². The summed E-state index contributed by atoms with van der Waals surface area (Å²) in [6.45, 7) is 3.53. The maximum absolute atomic E-state index is 5.37. The maximum atomic E-state index is 5.37. The van der Waals surface area contributed by atoms with Crippen molar-refractivity contribution in [2.45, 2.75) is 0 Å². The number of benzene rings is 1. The van der Waals surface area contributed by atoms with Gasteiger partial charge in [-0.25, -0.2) is 4.98 Å². The molecule has 1 aliphatic rings. The summed E-state index contributed by atoms with van der Waals surface area (Å²) >= 11 is 3.37. The Bertz CT molecular complexity index is 568. The number of nitrogens with zero attached hydrogens (tertiary/aromatic N) is 2. The number of nitrogens with one attached hydrogen (secondary N) is 1. The van der Waals surface area contributed by atoms with Gasteiger partial charge in [0.1, 0.15) is 10.4 Å². The molecule has 0 spiro atoms. The summed E-state index contributed by atoms with van der Waals surface area (Å²) in [7, 11) is 0. The normalized spacial score (nSPS) is 15.2. The van der Waals surface area contributed by atoms with Gasteiger partial charge in [-0.15, -0.1) is 0 Å². The standard InChI is InChI=1S/C15H16BrN3O/c16-14-2-1-3-15(18-14)17-12-4-6-13(7-5-12)19-8-10-20-11-9-19/h1-7H,8-11H2,(H,17,18). The molecular formula is C15H16BrN3O. The van der Waals surface area contributed by atoms with Crippen LogP contribution >= 0.6 is 15.9 Å². The third kappa shape index (κ3) is 3.29. The summed E-state index contributed by atoms with van der Waals surface area (Å²) in [6.07, 6.45) is 0. The van der Waals surface area contributed by atoms with Gasteiger partial charge < -0.3 is 15.0 Å². The van der Waals surface area contributed by atoms with Crippen LogP contribution in [0.25, 0.3) is 0 Å². The molecular weight excluding hydrogens is 318 g/mol. The zero-order valence-corrected chi connectivity index (χ0v) is 12.6. The van der Waals surface area contributed by atoms with E-state index in [1.807, 2.05) is 18.2 Å². The van der Waals surface area contributed by atoms with Gasteiger partial charge in [-0.1, -0.05) is 6.07 Å². The highest BCUT2D eigenvalue weighted by atomic mass is 79.9. The fourth-order valence-electron chi connectivity index (χ4n) is 2.20. The minimum atomic E-state index is 0.808. The van der Waals surface area contributed by atoms with Crippen molar-refractivity contribution >= 4 is 33.1 Å². The fraction of sp³-hybridized carbons (Fsp3) is 0.267. The quantitative estimate of drug-likeness (QED) is 0.873. The van der Waals surface area contributed by atoms with Crippen molar-refractivity contribution in [3.63, 3.8) is 0 Å². The zero-order chi connectivity index (χ0) is 13.8. The van der Waals surface area contributed by atoms with Gasteiger partial charge in [0, 0.05) is 24.5 Å². The smallest absolute Gasteiger partial charge is 0.131 e. The molecule has 5 heteroatoms. The van der Waals surface area contributed by atoms with Crippen molar-refractivity contribution in [2.24, 2.45) is 0 Å². The van der Waals surface area contributed by atoms with Gasteiger partial charge in [-0.2, -0.15) is 0 Å². The molecule has 0 radical (unpaired) electrons. The highest BCUT2D eigenvalue weighted by Gasteiger charge is 2.10. The minimum absolute atomic E-state index is 0.808. The second-order valence-electron chi connectivity index (χ2n) is 4.62. The molecule has 3 rings (SSSR count). The SMILES string of the molecule is Brc1cccc(Nc2ccc(N3CCOCC3)cc2)n1. The van der Waals surface area contributed by atoms with Gasteiger partial charge in [0.25, 0.3) is 0 Å². The summed E-state index contributed by atoms with van der Waals surface area (Å²) in [5, 5.41) is 3.29. The summed E-state index contributed by atoms with van der Waals surface area (Å²) in [5.41, 5.74) is 2.27. The molecule has 2 aromatic rings. The summed E-state index contributed by atoms with van der Waals surface area (Å²) in [5.74, 6) is 0.832. The molecule has 0 unspecified atom stereocenters. The predicted molar refractivity (Wildman–Crippen MR) is 84.7 cm³/mol. The van der Waals surface area contributed by atoms with Gasteiger partial charge >= 0.3 is 0 Å². The van der Waals surface area contributed by atoms with Crippen LogP contribution in [0, 0.1) is 0 Å². The van der Waals surface area contributed by atoms with E-state index in [0.717, 1.165) is 42.4 Å². The third-order valence-corrected chi connectivity index (χ3v) is 3.67. The topological polar surface area (TPSA) is 37.4 Å². The van der Waals surface area contributed by atoms with Crippen LogP contribution in [0.5, 0.6) is 0 Å². The van der Waals surface area contributed by atoms with Crippen molar-refractivity contribution in [2.75, 3.05) is 36.5 Å². The molecule has 0 atom stereocenters. The lowest BCUT2D eigenvalue weighted by Gasteiger charge is -2.28. The first-order valence-corrected chi connectivity index (χ1v) is 7.43. The average molecular weight is 334 g/mol. The number of hydrogen-bond acceptors (Lipinski definition) is 4. The maximum Gasteiger partial charge on any atom is 0.131 e. The van der Waals surface area contributed by atoms with Crippen LogP contribution in [-0.4, -0.2) is 31.3 Å². The number of halogens is 1. The lowest BCUT2D eigenvalue weighted by Crippen LogP contribution is -2.36. The van der Waals surface area contributed by atoms with Gasteiger partial charge in [-0.3, -0.25) is 0 Å². The number of pyridine rings is 1. The van der Waals surface area contributed by atoms with Crippen molar-refractivity contribution in [1.29, 1.82) is 0 Å². The molecule has 2 heterocycles. The molecule has 1 fully saturated rings. The number of anilines is 3. The fourth-order valence-corrected chi connectivity index (χ4v) is 2.55. The number of aromatic nitrogens is 1. The lowest BCUT2D eigenvalue weighted by molar-refractivity contribution is 0.122. The van der Waals surface area contributed by atoms with E-state index < -0.39 is 0 Å². The highest BCUT2D eigenvalue weighted by molar-refractivity contribution is 9.10. The Kier molecular flexibility index (Phi) is 4.18. The van der Waals surface area contributed by atoms with Crippen molar-refractivity contribution in [3.05, 3.63) is 47.1 Å². The molecule has 4 nitrogen and oxygen atoms in total. The molecule has 104 valence electrons. The second-order valence-corrected chi connectivity index (χ2v) is 5.43. The predicted octanol–water partition coefficient (Wildman–Crippen LogP) is 3.42. The number of morpholine rings is 1. The van der Waals surface area contributed by atoms with Gasteiger partial charge in [0.05, 0.1) is 13.2 Å². The van der Waals surface area contributed by atoms with Crippen molar-refractivity contribution in [3.8, 4) is 0 Å². The van der Waals surface area contributed by atoms with Gasteiger partial charge in [0.2, 0.25) is 0 Å². The Morgan fingerprint density at radius 2 is 1.80 bits per heavy atom. The largest absolute Gasteiger partial charge is 0.378 e. The van der Waals surface area contributed by atoms with E-state index in [1.165, 1.54) is 5.69 Å². The van der Waals surface area contributed by atoms with E-state index in [9.17, 15) is 0 Å². The first-order chi connectivity index (χ1) is 9.81. The minimum Gasteiger partial charge on any atom is -0.378 e. The Morgan fingerprint density at radius 1 is 1.05 bits per heavy atom. The molecule has 1 aromatic heterocycles. The molecule has 20 heavy (non-hydrogen) atoms. The van der Waals surface area contributed by atoms with Crippen molar-refractivity contribution < 1.29 is 4.74 Å². The van der Waals surface area contributed by atoms with Crippen LogP contribution in [0.3, 0.4) is 0 Å². The Hall–Kier alpha value is -1.59. The Morgan fingerprint density at radius 3 is 2.50 bits per heavy atom. The first kappa shape index (κ1) is 13.4. The van der Waals surface area contributed by atoms with Crippen molar-refractivity contribution in [1.82, 2.24) is 4.98 Å². The third-order valence-electron chi connectivity index (χ3n) is 3.23. The van der Waals surface area contributed by atoms with E-state index in [1.54, 1.807) is 0 Å². The Balaban J connectivity index is 1.69. The van der Waals surface area contributed by atoms with Crippen LogP contribution in [0.15, 0.2) is 47.1 Å². The van der Waals surface area contributed by atoms with Crippen LogP contribution in [0.2, 0.25) is 0 Å². The molecule has 1 aliphatic heterocycles. The monoisotopic (exact) mass is 333 g/mol. The van der Waals surface area contributed by atoms with E-state index in [4.69, 9.17) is 4.74 Å². The second kappa shape index (κ2) is 6.24. The number of ether oxygens (including phenoxy) is 1. The molecule has 1 saturated heterocycles. The van der Waals surface area contributed by atoms with E-state index in [-0.39, 0.29) is 0 Å². The molecule has 1 aromatic carbocycles. The molecule has 0 aliphatic carbocycles. The van der Waals surface area contributed by atoms with Gasteiger partial charge in [-0.05, 0) is 52.3 Å². The Labute approximate surface area is 126 Å².